The van der Waals surface area contributed by atoms with E-state index in [4.69, 9.17) is 4.74 Å². The maximum atomic E-state index is 13.8. The summed E-state index contributed by atoms with van der Waals surface area (Å²) in [5, 5.41) is 2.56. The van der Waals surface area contributed by atoms with Gasteiger partial charge in [-0.05, 0) is 31.2 Å². The summed E-state index contributed by atoms with van der Waals surface area (Å²) < 4.78 is 33.0. The monoisotopic (exact) mass is 362 g/mol. The second kappa shape index (κ2) is 8.94. The number of para-hydroxylation sites is 1. The summed E-state index contributed by atoms with van der Waals surface area (Å²) in [7, 11) is 0. The van der Waals surface area contributed by atoms with Crippen molar-refractivity contribution in [2.75, 3.05) is 24.6 Å². The Morgan fingerprint density at radius 1 is 1.08 bits per heavy atom. The van der Waals surface area contributed by atoms with Gasteiger partial charge in [0.05, 0.1) is 0 Å². The first-order valence-corrected chi connectivity index (χ1v) is 8.06. The molecular formula is C19H20F2N2O3. The first kappa shape index (κ1) is 19.4. The van der Waals surface area contributed by atoms with Gasteiger partial charge in [-0.25, -0.2) is 8.78 Å². The van der Waals surface area contributed by atoms with Crippen molar-refractivity contribution < 1.29 is 23.1 Å². The molecular weight excluding hydrogens is 342 g/mol. The van der Waals surface area contributed by atoms with Crippen LogP contribution in [-0.4, -0.2) is 31.5 Å². The number of carbonyl (C=O) groups excluding carboxylic acids is 2. The first-order valence-electron chi connectivity index (χ1n) is 8.06. The van der Waals surface area contributed by atoms with Crippen LogP contribution < -0.4 is 15.0 Å². The molecule has 5 nitrogen and oxygen atoms in total. The fourth-order valence-corrected chi connectivity index (χ4v) is 2.32. The molecule has 0 fully saturated rings. The number of hydrogen-bond donors (Lipinski definition) is 1. The number of rotatable bonds is 7. The van der Waals surface area contributed by atoms with Gasteiger partial charge in [-0.3, -0.25) is 9.59 Å². The molecule has 0 radical (unpaired) electrons. The van der Waals surface area contributed by atoms with Gasteiger partial charge < -0.3 is 15.0 Å². The van der Waals surface area contributed by atoms with Gasteiger partial charge in [0.15, 0.2) is 6.61 Å². The molecule has 138 valence electrons. The molecule has 1 N–H and O–H groups in total. The Morgan fingerprint density at radius 2 is 1.69 bits per heavy atom. The van der Waals surface area contributed by atoms with Gasteiger partial charge in [-0.15, -0.1) is 0 Å². The smallest absolute Gasteiger partial charge is 0.258 e. The Hall–Kier alpha value is -2.96. The number of anilines is 1. The average Bonchev–Trinajstić information content (AvgIpc) is 2.59. The SMILES string of the molecule is CC(=O)N(CCNC(=O)COc1ccc(C)cc1)c1c(F)cccc1F. The molecule has 26 heavy (non-hydrogen) atoms. The predicted octanol–water partition coefficient (Wildman–Crippen LogP) is 2.82. The van der Waals surface area contributed by atoms with E-state index < -0.39 is 29.1 Å². The highest BCUT2D eigenvalue weighted by Gasteiger charge is 2.20. The van der Waals surface area contributed by atoms with Crippen LogP contribution >= 0.6 is 0 Å². The number of carbonyl (C=O) groups is 2. The van der Waals surface area contributed by atoms with Crippen molar-refractivity contribution >= 4 is 17.5 Å². The molecule has 2 amide bonds. The molecule has 0 unspecified atom stereocenters. The summed E-state index contributed by atoms with van der Waals surface area (Å²) in [5.41, 5.74) is 0.650. The summed E-state index contributed by atoms with van der Waals surface area (Å²) in [6.45, 7) is 2.91. The molecule has 0 aromatic heterocycles. The zero-order valence-corrected chi connectivity index (χ0v) is 14.6. The van der Waals surface area contributed by atoms with Crippen LogP contribution in [0, 0.1) is 18.6 Å². The third-order valence-corrected chi connectivity index (χ3v) is 3.64. The molecule has 0 atom stereocenters. The highest BCUT2D eigenvalue weighted by molar-refractivity contribution is 5.91. The van der Waals surface area contributed by atoms with Crippen LogP contribution in [0.15, 0.2) is 42.5 Å². The summed E-state index contributed by atoms with van der Waals surface area (Å²) in [6.07, 6.45) is 0. The average molecular weight is 362 g/mol. The van der Waals surface area contributed by atoms with Gasteiger partial charge in [0.1, 0.15) is 23.1 Å². The molecule has 0 spiro atoms. The Kier molecular flexibility index (Phi) is 6.66. The first-order chi connectivity index (χ1) is 12.4. The van der Waals surface area contributed by atoms with Crippen LogP contribution in [0.3, 0.4) is 0 Å². The quantitative estimate of drug-likeness (QED) is 0.824. The standard InChI is InChI=1S/C19H20F2N2O3/c1-13-6-8-15(9-7-13)26-12-18(25)22-10-11-23(14(2)24)19-16(20)4-3-5-17(19)21/h3-9H,10-12H2,1-2H3,(H,22,25). The second-order valence-electron chi connectivity index (χ2n) is 5.69. The lowest BCUT2D eigenvalue weighted by molar-refractivity contribution is -0.123. The minimum absolute atomic E-state index is 0.0312. The predicted molar refractivity (Wildman–Crippen MR) is 94.1 cm³/mol. The van der Waals surface area contributed by atoms with E-state index in [1.807, 2.05) is 19.1 Å². The summed E-state index contributed by atoms with van der Waals surface area (Å²) in [4.78, 5) is 24.5. The number of hydrogen-bond acceptors (Lipinski definition) is 3. The van der Waals surface area contributed by atoms with Gasteiger partial charge in [-0.2, -0.15) is 0 Å². The summed E-state index contributed by atoms with van der Waals surface area (Å²) >= 11 is 0. The number of nitrogens with zero attached hydrogens (tertiary/aromatic N) is 1. The fraction of sp³-hybridized carbons (Fsp3) is 0.263. The largest absolute Gasteiger partial charge is 0.484 e. The Bertz CT molecular complexity index is 759. The second-order valence-corrected chi connectivity index (χ2v) is 5.69. The van der Waals surface area contributed by atoms with E-state index in [9.17, 15) is 18.4 Å². The molecule has 0 aliphatic carbocycles. The minimum Gasteiger partial charge on any atom is -0.484 e. The molecule has 2 aromatic rings. The number of benzene rings is 2. The van der Waals surface area contributed by atoms with E-state index in [0.29, 0.717) is 5.75 Å². The molecule has 0 aliphatic rings. The third kappa shape index (κ3) is 5.27. The lowest BCUT2D eigenvalue weighted by Crippen LogP contribution is -2.39. The van der Waals surface area contributed by atoms with Crippen molar-refractivity contribution in [2.45, 2.75) is 13.8 Å². The fourth-order valence-electron chi connectivity index (χ4n) is 2.32. The van der Waals surface area contributed by atoms with Crippen molar-refractivity contribution in [1.29, 1.82) is 0 Å². The molecule has 2 rings (SSSR count). The van der Waals surface area contributed by atoms with E-state index in [1.54, 1.807) is 12.1 Å². The van der Waals surface area contributed by atoms with Crippen LogP contribution in [0.25, 0.3) is 0 Å². The molecule has 0 aliphatic heterocycles. The molecule has 0 heterocycles. The maximum absolute atomic E-state index is 13.8. The van der Waals surface area contributed by atoms with E-state index in [1.165, 1.54) is 13.0 Å². The highest BCUT2D eigenvalue weighted by Crippen LogP contribution is 2.23. The summed E-state index contributed by atoms with van der Waals surface area (Å²) in [5.74, 6) is -2.05. The van der Waals surface area contributed by atoms with Gasteiger partial charge >= 0.3 is 0 Å². The lowest BCUT2D eigenvalue weighted by Gasteiger charge is -2.22. The molecule has 0 saturated heterocycles. The number of nitrogens with one attached hydrogen (secondary N) is 1. The van der Waals surface area contributed by atoms with E-state index in [2.05, 4.69) is 5.32 Å². The Balaban J connectivity index is 1.87. The molecule has 0 saturated carbocycles. The maximum Gasteiger partial charge on any atom is 0.258 e. The van der Waals surface area contributed by atoms with Crippen LogP contribution in [0.5, 0.6) is 5.75 Å². The lowest BCUT2D eigenvalue weighted by atomic mass is 10.2. The van der Waals surface area contributed by atoms with Crippen LogP contribution in [0.4, 0.5) is 14.5 Å². The van der Waals surface area contributed by atoms with Crippen LogP contribution in [0.1, 0.15) is 12.5 Å². The van der Waals surface area contributed by atoms with E-state index in [-0.39, 0.29) is 19.7 Å². The van der Waals surface area contributed by atoms with Gasteiger partial charge in [-0.1, -0.05) is 23.8 Å². The topological polar surface area (TPSA) is 58.6 Å². The minimum atomic E-state index is -0.839. The Morgan fingerprint density at radius 3 is 2.27 bits per heavy atom. The van der Waals surface area contributed by atoms with Gasteiger partial charge in [0.2, 0.25) is 5.91 Å². The zero-order chi connectivity index (χ0) is 19.1. The number of aryl methyl sites for hydroxylation is 1. The normalized spacial score (nSPS) is 10.3. The number of ether oxygens (including phenoxy) is 1. The van der Waals surface area contributed by atoms with Crippen LogP contribution in [0.2, 0.25) is 0 Å². The third-order valence-electron chi connectivity index (χ3n) is 3.64. The molecule has 0 bridgehead atoms. The molecule has 2 aromatic carbocycles. The van der Waals surface area contributed by atoms with Crippen molar-refractivity contribution in [3.05, 3.63) is 59.7 Å². The number of amides is 2. The van der Waals surface area contributed by atoms with Crippen LogP contribution in [-0.2, 0) is 9.59 Å². The van der Waals surface area contributed by atoms with Crippen molar-refractivity contribution in [3.63, 3.8) is 0 Å². The zero-order valence-electron chi connectivity index (χ0n) is 14.6. The number of halogens is 2. The van der Waals surface area contributed by atoms with Crippen molar-refractivity contribution in [2.24, 2.45) is 0 Å². The highest BCUT2D eigenvalue weighted by atomic mass is 19.1. The van der Waals surface area contributed by atoms with Gasteiger partial charge in [0.25, 0.3) is 5.91 Å². The molecule has 7 heteroatoms. The van der Waals surface area contributed by atoms with Crippen molar-refractivity contribution in [3.8, 4) is 5.75 Å². The Labute approximate surface area is 150 Å². The van der Waals surface area contributed by atoms with E-state index >= 15 is 0 Å². The van der Waals surface area contributed by atoms with Crippen molar-refractivity contribution in [1.82, 2.24) is 5.32 Å². The van der Waals surface area contributed by atoms with E-state index in [0.717, 1.165) is 22.6 Å². The summed E-state index contributed by atoms with van der Waals surface area (Å²) in [6, 6.07) is 10.6. The van der Waals surface area contributed by atoms with Gasteiger partial charge in [0, 0.05) is 20.0 Å².